The minimum Gasteiger partial charge on any atom is -0.399 e. The van der Waals surface area contributed by atoms with Gasteiger partial charge in [-0.05, 0) is 70.6 Å². The number of rotatable bonds is 6. The van der Waals surface area contributed by atoms with E-state index in [2.05, 4.69) is 29.2 Å². The van der Waals surface area contributed by atoms with Gasteiger partial charge >= 0.3 is 0 Å². The highest BCUT2D eigenvalue weighted by Gasteiger charge is 2.20. The van der Waals surface area contributed by atoms with Gasteiger partial charge in [0.1, 0.15) is 0 Å². The summed E-state index contributed by atoms with van der Waals surface area (Å²) in [6, 6.07) is 5.48. The fourth-order valence-electron chi connectivity index (χ4n) is 2.97. The quantitative estimate of drug-likeness (QED) is 0.782. The van der Waals surface area contributed by atoms with Crippen molar-refractivity contribution in [2.45, 2.75) is 19.8 Å². The van der Waals surface area contributed by atoms with E-state index in [4.69, 9.17) is 5.73 Å². The third-order valence-corrected chi connectivity index (χ3v) is 4.63. The number of nitrogen functional groups attached to an aromatic ring is 1. The molecule has 0 bridgehead atoms. The van der Waals surface area contributed by atoms with E-state index >= 15 is 0 Å². The van der Waals surface area contributed by atoms with Crippen LogP contribution in [0.15, 0.2) is 18.2 Å². The van der Waals surface area contributed by atoms with Crippen LogP contribution in [0.5, 0.6) is 0 Å². The first-order chi connectivity index (χ1) is 11.0. The Morgan fingerprint density at radius 1 is 1.35 bits per heavy atom. The Kier molecular flexibility index (Phi) is 6.42. The SMILES string of the molecule is Cc1ccc(N)cc1C(=O)NCC1CCN(CCN(C)C)CC1. The zero-order valence-corrected chi connectivity index (χ0v) is 14.6. The fraction of sp³-hybridized carbons (Fsp3) is 0.611. The molecule has 0 aliphatic carbocycles. The van der Waals surface area contributed by atoms with Crippen LogP contribution in [0.4, 0.5) is 5.69 Å². The van der Waals surface area contributed by atoms with E-state index in [1.54, 1.807) is 6.07 Å². The van der Waals surface area contributed by atoms with Crippen molar-refractivity contribution in [3.05, 3.63) is 29.3 Å². The van der Waals surface area contributed by atoms with Crippen LogP contribution in [0.2, 0.25) is 0 Å². The maximum Gasteiger partial charge on any atom is 0.251 e. The van der Waals surface area contributed by atoms with Crippen LogP contribution in [-0.4, -0.2) is 62.5 Å². The molecule has 1 fully saturated rings. The monoisotopic (exact) mass is 318 g/mol. The standard InChI is InChI=1S/C18H30N4O/c1-14-4-5-16(19)12-17(14)18(23)20-13-15-6-8-22(9-7-15)11-10-21(2)3/h4-5,12,15H,6-11,13,19H2,1-3H3,(H,20,23). The molecule has 2 rings (SSSR count). The normalized spacial score (nSPS) is 16.7. The number of piperidine rings is 1. The minimum atomic E-state index is -0.00941. The highest BCUT2D eigenvalue weighted by molar-refractivity contribution is 5.96. The number of amides is 1. The van der Waals surface area contributed by atoms with Crippen molar-refractivity contribution in [1.29, 1.82) is 0 Å². The van der Waals surface area contributed by atoms with Gasteiger partial charge in [0.15, 0.2) is 0 Å². The van der Waals surface area contributed by atoms with Crippen LogP contribution in [0, 0.1) is 12.8 Å². The van der Waals surface area contributed by atoms with E-state index < -0.39 is 0 Å². The second-order valence-electron chi connectivity index (χ2n) is 6.87. The lowest BCUT2D eigenvalue weighted by Crippen LogP contribution is -2.41. The van der Waals surface area contributed by atoms with Gasteiger partial charge in [-0.3, -0.25) is 4.79 Å². The lowest BCUT2D eigenvalue weighted by molar-refractivity contribution is 0.0934. The first-order valence-electron chi connectivity index (χ1n) is 8.47. The van der Waals surface area contributed by atoms with Gasteiger partial charge in [0.2, 0.25) is 0 Å². The first kappa shape index (κ1) is 17.8. The number of likely N-dealkylation sites (N-methyl/N-ethyl adjacent to an activating group) is 1. The lowest BCUT2D eigenvalue weighted by atomic mass is 9.96. The summed E-state index contributed by atoms with van der Waals surface area (Å²) in [6.07, 6.45) is 2.31. The molecule has 1 aliphatic heterocycles. The second-order valence-corrected chi connectivity index (χ2v) is 6.87. The molecule has 5 heteroatoms. The largest absolute Gasteiger partial charge is 0.399 e. The van der Waals surface area contributed by atoms with Crippen molar-refractivity contribution >= 4 is 11.6 Å². The third kappa shape index (κ3) is 5.52. The van der Waals surface area contributed by atoms with Gasteiger partial charge in [0, 0.05) is 30.9 Å². The van der Waals surface area contributed by atoms with Crippen molar-refractivity contribution < 1.29 is 4.79 Å². The number of hydrogen-bond acceptors (Lipinski definition) is 4. The van der Waals surface area contributed by atoms with Crippen LogP contribution in [0.25, 0.3) is 0 Å². The van der Waals surface area contributed by atoms with Gasteiger partial charge in [0.25, 0.3) is 5.91 Å². The molecule has 0 radical (unpaired) electrons. The molecule has 128 valence electrons. The van der Waals surface area contributed by atoms with Gasteiger partial charge in [0.05, 0.1) is 0 Å². The summed E-state index contributed by atoms with van der Waals surface area (Å²) in [5.74, 6) is 0.570. The topological polar surface area (TPSA) is 61.6 Å². The van der Waals surface area contributed by atoms with Crippen molar-refractivity contribution in [3.8, 4) is 0 Å². The van der Waals surface area contributed by atoms with Crippen LogP contribution < -0.4 is 11.1 Å². The van der Waals surface area contributed by atoms with Gasteiger partial charge in [-0.25, -0.2) is 0 Å². The number of anilines is 1. The average Bonchev–Trinajstić information content (AvgIpc) is 2.53. The molecule has 3 N–H and O–H groups in total. The predicted molar refractivity (Wildman–Crippen MR) is 95.6 cm³/mol. The van der Waals surface area contributed by atoms with Crippen molar-refractivity contribution in [1.82, 2.24) is 15.1 Å². The molecule has 0 atom stereocenters. The smallest absolute Gasteiger partial charge is 0.251 e. The number of carbonyl (C=O) groups excluding carboxylic acids is 1. The third-order valence-electron chi connectivity index (χ3n) is 4.63. The summed E-state index contributed by atoms with van der Waals surface area (Å²) < 4.78 is 0. The number of aryl methyl sites for hydroxylation is 1. The van der Waals surface area contributed by atoms with Gasteiger partial charge < -0.3 is 20.9 Å². The summed E-state index contributed by atoms with van der Waals surface area (Å²) >= 11 is 0. The second kappa shape index (κ2) is 8.31. The van der Waals surface area contributed by atoms with E-state index in [9.17, 15) is 4.79 Å². The van der Waals surface area contributed by atoms with Crippen molar-refractivity contribution in [2.24, 2.45) is 5.92 Å². The zero-order valence-electron chi connectivity index (χ0n) is 14.6. The molecule has 1 aromatic rings. The molecular formula is C18H30N4O. The zero-order chi connectivity index (χ0) is 16.8. The highest BCUT2D eigenvalue weighted by atomic mass is 16.1. The van der Waals surface area contributed by atoms with Crippen molar-refractivity contribution in [2.75, 3.05) is 52.6 Å². The summed E-state index contributed by atoms with van der Waals surface area (Å²) in [4.78, 5) is 17.1. The minimum absolute atomic E-state index is 0.00941. The molecule has 0 spiro atoms. The molecule has 0 aromatic heterocycles. The van der Waals surface area contributed by atoms with Gasteiger partial charge in [-0.15, -0.1) is 0 Å². The number of nitrogens with two attached hydrogens (primary N) is 1. The Morgan fingerprint density at radius 2 is 2.04 bits per heavy atom. The Labute approximate surface area is 139 Å². The van der Waals surface area contributed by atoms with E-state index in [0.29, 0.717) is 17.2 Å². The Morgan fingerprint density at radius 3 is 2.70 bits per heavy atom. The predicted octanol–water partition coefficient (Wildman–Crippen LogP) is 1.58. The van der Waals surface area contributed by atoms with Gasteiger partial charge in [-0.2, -0.15) is 0 Å². The fourth-order valence-corrected chi connectivity index (χ4v) is 2.97. The summed E-state index contributed by atoms with van der Waals surface area (Å²) in [6.45, 7) is 7.20. The molecule has 0 unspecified atom stereocenters. The summed E-state index contributed by atoms with van der Waals surface area (Å²) in [5.41, 5.74) is 8.07. The molecule has 1 aromatic carbocycles. The van der Waals surface area contributed by atoms with Crippen LogP contribution in [-0.2, 0) is 0 Å². The number of nitrogens with zero attached hydrogens (tertiary/aromatic N) is 2. The lowest BCUT2D eigenvalue weighted by Gasteiger charge is -2.32. The maximum atomic E-state index is 12.3. The summed E-state index contributed by atoms with van der Waals surface area (Å²) in [5, 5.41) is 3.08. The summed E-state index contributed by atoms with van der Waals surface area (Å²) in [7, 11) is 4.22. The molecule has 23 heavy (non-hydrogen) atoms. The van der Waals surface area contributed by atoms with Crippen LogP contribution in [0.3, 0.4) is 0 Å². The van der Waals surface area contributed by atoms with Crippen LogP contribution >= 0.6 is 0 Å². The van der Waals surface area contributed by atoms with Crippen LogP contribution in [0.1, 0.15) is 28.8 Å². The maximum absolute atomic E-state index is 12.3. The molecule has 0 saturated carbocycles. The molecular weight excluding hydrogens is 288 g/mol. The first-order valence-corrected chi connectivity index (χ1v) is 8.47. The molecule has 1 heterocycles. The average molecular weight is 318 g/mol. The Bertz CT molecular complexity index is 522. The number of benzene rings is 1. The molecule has 1 saturated heterocycles. The molecule has 1 amide bonds. The molecule has 1 aliphatic rings. The van der Waals surface area contributed by atoms with E-state index in [-0.39, 0.29) is 5.91 Å². The molecule has 5 nitrogen and oxygen atoms in total. The van der Waals surface area contributed by atoms with E-state index in [1.807, 2.05) is 19.1 Å². The van der Waals surface area contributed by atoms with E-state index in [1.165, 1.54) is 0 Å². The van der Waals surface area contributed by atoms with E-state index in [0.717, 1.165) is 51.1 Å². The number of likely N-dealkylation sites (tertiary alicyclic amines) is 1. The number of carbonyl (C=O) groups is 1. The Balaban J connectivity index is 1.75. The number of nitrogens with one attached hydrogen (secondary N) is 1. The van der Waals surface area contributed by atoms with Gasteiger partial charge in [-0.1, -0.05) is 6.07 Å². The number of hydrogen-bond donors (Lipinski definition) is 2. The Hall–Kier alpha value is -1.59. The highest BCUT2D eigenvalue weighted by Crippen LogP contribution is 2.17. The van der Waals surface area contributed by atoms with Crippen molar-refractivity contribution in [3.63, 3.8) is 0 Å².